The van der Waals surface area contributed by atoms with Gasteiger partial charge in [-0.3, -0.25) is 0 Å². The van der Waals surface area contributed by atoms with Crippen LogP contribution in [0.3, 0.4) is 0 Å². The Hall–Kier alpha value is -1.00. The van der Waals surface area contributed by atoms with Crippen LogP contribution in [0.15, 0.2) is 24.3 Å². The number of hydrogen-bond donors (Lipinski definition) is 0. The summed E-state index contributed by atoms with van der Waals surface area (Å²) in [7, 11) is 0. The smallest absolute Gasteiger partial charge is 0.107 e. The van der Waals surface area contributed by atoms with Crippen molar-refractivity contribution >= 4 is 0 Å². The van der Waals surface area contributed by atoms with E-state index in [1.165, 1.54) is 0 Å². The van der Waals surface area contributed by atoms with E-state index in [1.54, 1.807) is 6.08 Å². The van der Waals surface area contributed by atoms with Gasteiger partial charge in [0.2, 0.25) is 0 Å². The molecule has 0 aliphatic carbocycles. The van der Waals surface area contributed by atoms with Crippen molar-refractivity contribution in [1.82, 2.24) is 0 Å². The first kappa shape index (κ1) is 10.0. The van der Waals surface area contributed by atoms with Crippen LogP contribution in [-0.2, 0) is 4.74 Å². The Labute approximate surface area is 68.8 Å². The van der Waals surface area contributed by atoms with Crippen LogP contribution in [-0.4, -0.2) is 13.2 Å². The Morgan fingerprint density at radius 1 is 1.73 bits per heavy atom. The molecule has 0 aliphatic heterocycles. The lowest BCUT2D eigenvalue weighted by Gasteiger charge is -1.99. The summed E-state index contributed by atoms with van der Waals surface area (Å²) in [6.07, 6.45) is 9.88. The minimum Gasteiger partial charge on any atom is -0.364 e. The SMILES string of the molecule is C#CCOC/C(C=C)=C/CC. The van der Waals surface area contributed by atoms with Crippen LogP contribution in [0.5, 0.6) is 0 Å². The van der Waals surface area contributed by atoms with Gasteiger partial charge in [0.05, 0.1) is 6.61 Å². The van der Waals surface area contributed by atoms with Gasteiger partial charge >= 0.3 is 0 Å². The van der Waals surface area contributed by atoms with Crippen molar-refractivity contribution < 1.29 is 4.74 Å². The Kier molecular flexibility index (Phi) is 6.46. The van der Waals surface area contributed by atoms with Crippen LogP contribution in [0.4, 0.5) is 0 Å². The highest BCUT2D eigenvalue weighted by Gasteiger charge is 1.88. The van der Waals surface area contributed by atoms with Gasteiger partial charge in [0, 0.05) is 0 Å². The van der Waals surface area contributed by atoms with Crippen molar-refractivity contribution in [3.8, 4) is 12.3 Å². The van der Waals surface area contributed by atoms with Gasteiger partial charge in [0.1, 0.15) is 6.61 Å². The molecule has 0 aromatic rings. The average Bonchev–Trinajstić information content (AvgIpc) is 2.03. The van der Waals surface area contributed by atoms with E-state index in [0.717, 1.165) is 12.0 Å². The minimum atomic E-state index is 0.370. The average molecular weight is 150 g/mol. The van der Waals surface area contributed by atoms with Crippen LogP contribution < -0.4 is 0 Å². The molecular formula is C10H14O. The normalized spacial score (nSPS) is 10.7. The predicted molar refractivity (Wildman–Crippen MR) is 48.2 cm³/mol. The Bertz CT molecular complexity index is 172. The van der Waals surface area contributed by atoms with Gasteiger partial charge in [-0.25, -0.2) is 0 Å². The van der Waals surface area contributed by atoms with Crippen molar-refractivity contribution in [2.24, 2.45) is 0 Å². The first-order chi connectivity index (χ1) is 5.35. The molecule has 0 radical (unpaired) electrons. The van der Waals surface area contributed by atoms with E-state index in [4.69, 9.17) is 11.2 Å². The first-order valence-corrected chi connectivity index (χ1v) is 3.67. The molecular weight excluding hydrogens is 136 g/mol. The lowest BCUT2D eigenvalue weighted by molar-refractivity contribution is 0.194. The summed E-state index contributed by atoms with van der Waals surface area (Å²) in [5, 5.41) is 0. The zero-order chi connectivity index (χ0) is 8.53. The Morgan fingerprint density at radius 2 is 2.45 bits per heavy atom. The van der Waals surface area contributed by atoms with Gasteiger partial charge in [0.25, 0.3) is 0 Å². The largest absolute Gasteiger partial charge is 0.364 e. The van der Waals surface area contributed by atoms with Crippen molar-refractivity contribution in [2.45, 2.75) is 13.3 Å². The van der Waals surface area contributed by atoms with Gasteiger partial charge in [0.15, 0.2) is 0 Å². The topological polar surface area (TPSA) is 9.23 Å². The third-order valence-corrected chi connectivity index (χ3v) is 1.18. The fraction of sp³-hybridized carbons (Fsp3) is 0.400. The maximum absolute atomic E-state index is 5.11. The molecule has 0 saturated heterocycles. The van der Waals surface area contributed by atoms with Crippen molar-refractivity contribution in [3.05, 3.63) is 24.3 Å². The van der Waals surface area contributed by atoms with Gasteiger partial charge < -0.3 is 4.74 Å². The van der Waals surface area contributed by atoms with E-state index in [2.05, 4.69) is 25.5 Å². The van der Waals surface area contributed by atoms with Crippen molar-refractivity contribution in [2.75, 3.05) is 13.2 Å². The standard InChI is InChI=1S/C10H14O/c1-4-7-10(6-3)9-11-8-5-2/h2,6-7H,3-4,8-9H2,1H3/b10-7+. The van der Waals surface area contributed by atoms with E-state index in [1.807, 2.05) is 0 Å². The minimum absolute atomic E-state index is 0.370. The third-order valence-electron chi connectivity index (χ3n) is 1.18. The Balaban J connectivity index is 3.63. The molecule has 0 rings (SSSR count). The second kappa shape index (κ2) is 7.11. The van der Waals surface area contributed by atoms with Crippen LogP contribution in [0.25, 0.3) is 0 Å². The summed E-state index contributed by atoms with van der Waals surface area (Å²) >= 11 is 0. The summed E-state index contributed by atoms with van der Waals surface area (Å²) in [5.41, 5.74) is 1.10. The molecule has 0 amide bonds. The molecule has 0 N–H and O–H groups in total. The Morgan fingerprint density at radius 3 is 2.91 bits per heavy atom. The zero-order valence-electron chi connectivity index (χ0n) is 6.97. The van der Waals surface area contributed by atoms with Crippen molar-refractivity contribution in [1.29, 1.82) is 0 Å². The van der Waals surface area contributed by atoms with Crippen LogP contribution in [0.1, 0.15) is 13.3 Å². The van der Waals surface area contributed by atoms with Crippen molar-refractivity contribution in [3.63, 3.8) is 0 Å². The number of terminal acetylenes is 1. The summed E-state index contributed by atoms with van der Waals surface area (Å²) in [6.45, 7) is 6.67. The molecule has 0 atom stereocenters. The molecule has 0 unspecified atom stereocenters. The van der Waals surface area contributed by atoms with Crippen LogP contribution in [0, 0.1) is 12.3 Å². The molecule has 0 heterocycles. The van der Waals surface area contributed by atoms with E-state index < -0.39 is 0 Å². The van der Waals surface area contributed by atoms with Gasteiger partial charge in [-0.1, -0.05) is 31.6 Å². The van der Waals surface area contributed by atoms with Crippen LogP contribution >= 0.6 is 0 Å². The summed E-state index contributed by atoms with van der Waals surface area (Å²) in [6, 6.07) is 0. The fourth-order valence-corrected chi connectivity index (χ4v) is 0.691. The molecule has 11 heavy (non-hydrogen) atoms. The van der Waals surface area contributed by atoms with Gasteiger partial charge in [-0.15, -0.1) is 6.42 Å². The molecule has 0 aromatic carbocycles. The van der Waals surface area contributed by atoms with E-state index in [9.17, 15) is 0 Å². The molecule has 0 aliphatic rings. The molecule has 1 heteroatoms. The molecule has 0 fully saturated rings. The number of ether oxygens (including phenoxy) is 1. The quantitative estimate of drug-likeness (QED) is 0.331. The maximum Gasteiger partial charge on any atom is 0.107 e. The molecule has 0 bridgehead atoms. The van der Waals surface area contributed by atoms with Gasteiger partial charge in [-0.2, -0.15) is 0 Å². The monoisotopic (exact) mass is 150 g/mol. The third kappa shape index (κ3) is 5.44. The second-order valence-corrected chi connectivity index (χ2v) is 2.09. The highest BCUT2D eigenvalue weighted by Crippen LogP contribution is 1.98. The van der Waals surface area contributed by atoms with E-state index in [0.29, 0.717) is 13.2 Å². The summed E-state index contributed by atoms with van der Waals surface area (Å²) in [4.78, 5) is 0. The van der Waals surface area contributed by atoms with Crippen LogP contribution in [0.2, 0.25) is 0 Å². The second-order valence-electron chi connectivity index (χ2n) is 2.09. The lowest BCUT2D eigenvalue weighted by atomic mass is 10.2. The molecule has 0 aromatic heterocycles. The number of allylic oxidation sites excluding steroid dienone is 1. The van der Waals surface area contributed by atoms with Gasteiger partial charge in [-0.05, 0) is 12.0 Å². The molecule has 0 saturated carbocycles. The molecule has 0 spiro atoms. The molecule has 1 nitrogen and oxygen atoms in total. The highest BCUT2D eigenvalue weighted by atomic mass is 16.5. The first-order valence-electron chi connectivity index (χ1n) is 3.67. The highest BCUT2D eigenvalue weighted by molar-refractivity contribution is 5.16. The number of hydrogen-bond acceptors (Lipinski definition) is 1. The van der Waals surface area contributed by atoms with E-state index in [-0.39, 0.29) is 0 Å². The maximum atomic E-state index is 5.11. The zero-order valence-corrected chi connectivity index (χ0v) is 6.97. The lowest BCUT2D eigenvalue weighted by Crippen LogP contribution is -1.96. The fourth-order valence-electron chi connectivity index (χ4n) is 0.691. The number of rotatable bonds is 5. The van der Waals surface area contributed by atoms with E-state index >= 15 is 0 Å². The summed E-state index contributed by atoms with van der Waals surface area (Å²) in [5.74, 6) is 2.41. The predicted octanol–water partition coefficient (Wildman–Crippen LogP) is 2.16. The summed E-state index contributed by atoms with van der Waals surface area (Å²) < 4.78 is 5.11. The molecule has 60 valence electrons.